The second-order valence-corrected chi connectivity index (χ2v) is 6.89. The van der Waals surface area contributed by atoms with Crippen molar-refractivity contribution in [3.8, 4) is 5.88 Å². The number of sulfone groups is 1. The third kappa shape index (κ3) is 2.72. The summed E-state index contributed by atoms with van der Waals surface area (Å²) in [4.78, 5) is 0. The van der Waals surface area contributed by atoms with E-state index in [0.717, 1.165) is 12.8 Å². The highest BCUT2D eigenvalue weighted by Crippen LogP contribution is 2.24. The summed E-state index contributed by atoms with van der Waals surface area (Å²) in [6, 6.07) is 1.63. The van der Waals surface area contributed by atoms with E-state index in [1.165, 1.54) is 7.11 Å². The van der Waals surface area contributed by atoms with Gasteiger partial charge in [0.25, 0.3) is 5.88 Å². The van der Waals surface area contributed by atoms with Gasteiger partial charge in [0, 0.05) is 6.42 Å². The lowest BCUT2D eigenvalue weighted by Gasteiger charge is -2.21. The van der Waals surface area contributed by atoms with Crippen LogP contribution in [0, 0.1) is 0 Å². The van der Waals surface area contributed by atoms with Crippen LogP contribution in [0.2, 0.25) is 0 Å². The third-order valence-electron chi connectivity index (χ3n) is 3.18. The fourth-order valence-corrected chi connectivity index (χ4v) is 4.07. The number of aromatic nitrogens is 2. The maximum Gasteiger partial charge on any atom is 0.256 e. The second-order valence-electron chi connectivity index (χ2n) is 4.49. The number of nitrogen functional groups attached to an aromatic ring is 1. The zero-order valence-corrected chi connectivity index (χ0v) is 11.1. The number of rotatable bonds is 3. The zero-order chi connectivity index (χ0) is 13.2. The summed E-state index contributed by atoms with van der Waals surface area (Å²) in [6.07, 6.45) is 2.78. The first kappa shape index (κ1) is 13.1. The summed E-state index contributed by atoms with van der Waals surface area (Å²) in [5.41, 5.74) is 6.71. The fourth-order valence-electron chi connectivity index (χ4n) is 2.18. The van der Waals surface area contributed by atoms with Crippen molar-refractivity contribution in [1.29, 1.82) is 0 Å². The maximum absolute atomic E-state index is 11.9. The molecule has 2 N–H and O–H groups in total. The smallest absolute Gasteiger partial charge is 0.256 e. The third-order valence-corrected chi connectivity index (χ3v) is 5.46. The first-order valence-corrected chi connectivity index (χ1v) is 7.62. The van der Waals surface area contributed by atoms with E-state index in [9.17, 15) is 8.42 Å². The molecule has 1 unspecified atom stereocenters. The Bertz CT molecular complexity index is 530. The van der Waals surface area contributed by atoms with E-state index < -0.39 is 9.84 Å². The van der Waals surface area contributed by atoms with Gasteiger partial charge in [0.15, 0.2) is 9.84 Å². The van der Waals surface area contributed by atoms with Crippen LogP contribution in [0.25, 0.3) is 0 Å². The lowest BCUT2D eigenvalue weighted by molar-refractivity contribution is 0.393. The summed E-state index contributed by atoms with van der Waals surface area (Å²) >= 11 is 0. The molecule has 0 radical (unpaired) electrons. The molecule has 0 spiro atoms. The minimum absolute atomic E-state index is 0.269. The van der Waals surface area contributed by atoms with Gasteiger partial charge in [-0.05, 0) is 18.9 Å². The van der Waals surface area contributed by atoms with Crippen LogP contribution in [0.4, 0.5) is 5.69 Å². The van der Waals surface area contributed by atoms with E-state index in [4.69, 9.17) is 10.5 Å². The Kier molecular flexibility index (Phi) is 3.70. The van der Waals surface area contributed by atoms with Gasteiger partial charge in [0.1, 0.15) is 0 Å². The van der Waals surface area contributed by atoms with E-state index in [1.54, 1.807) is 6.07 Å². The number of methoxy groups -OCH3 is 1. The molecule has 0 bridgehead atoms. The lowest BCUT2D eigenvalue weighted by atomic mass is 10.1. The average Bonchev–Trinajstić information content (AvgIpc) is 2.32. The molecule has 1 saturated heterocycles. The molecule has 1 fully saturated rings. The highest BCUT2D eigenvalue weighted by molar-refractivity contribution is 7.92. The molecule has 1 aromatic heterocycles. The van der Waals surface area contributed by atoms with Crippen molar-refractivity contribution in [3.63, 3.8) is 0 Å². The average molecular weight is 271 g/mol. The van der Waals surface area contributed by atoms with Crippen molar-refractivity contribution in [3.05, 3.63) is 11.8 Å². The fraction of sp³-hybridized carbons (Fsp3) is 0.636. The molecule has 7 heteroatoms. The van der Waals surface area contributed by atoms with Crippen LogP contribution in [0.5, 0.6) is 5.88 Å². The molecule has 0 saturated carbocycles. The van der Waals surface area contributed by atoms with Gasteiger partial charge in [0.05, 0.1) is 29.5 Å². The number of anilines is 1. The van der Waals surface area contributed by atoms with Crippen LogP contribution < -0.4 is 10.5 Å². The van der Waals surface area contributed by atoms with E-state index in [-0.39, 0.29) is 16.9 Å². The van der Waals surface area contributed by atoms with Crippen LogP contribution in [-0.2, 0) is 16.3 Å². The van der Waals surface area contributed by atoms with Gasteiger partial charge in [-0.25, -0.2) is 8.42 Å². The molecule has 1 aliphatic rings. The standard InChI is InChI=1S/C11H17N3O3S/c1-17-11-10(12)7-8(13-14-11)6-9-4-2-3-5-18(9,15)16/h7,9H,2-6H2,1H3,(H2,12,13). The number of ether oxygens (including phenoxy) is 1. The number of hydrogen-bond donors (Lipinski definition) is 1. The van der Waals surface area contributed by atoms with E-state index in [1.807, 2.05) is 0 Å². The largest absolute Gasteiger partial charge is 0.478 e. The second kappa shape index (κ2) is 5.09. The number of hydrogen-bond acceptors (Lipinski definition) is 6. The topological polar surface area (TPSA) is 95.2 Å². The SMILES string of the molecule is COc1nnc(CC2CCCCS2(=O)=O)cc1N. The zero-order valence-electron chi connectivity index (χ0n) is 10.3. The molecule has 18 heavy (non-hydrogen) atoms. The molecule has 100 valence electrons. The van der Waals surface area contributed by atoms with Crippen molar-refractivity contribution in [2.24, 2.45) is 0 Å². The molecule has 1 aliphatic heterocycles. The molecule has 2 rings (SSSR count). The van der Waals surface area contributed by atoms with Crippen LogP contribution in [0.1, 0.15) is 25.0 Å². The summed E-state index contributed by atoms with van der Waals surface area (Å²) in [5.74, 6) is 0.543. The van der Waals surface area contributed by atoms with Crippen LogP contribution in [0.3, 0.4) is 0 Å². The highest BCUT2D eigenvalue weighted by Gasteiger charge is 2.29. The first-order chi connectivity index (χ1) is 8.53. The monoisotopic (exact) mass is 271 g/mol. The van der Waals surface area contributed by atoms with E-state index >= 15 is 0 Å². The lowest BCUT2D eigenvalue weighted by Crippen LogP contribution is -2.30. The molecule has 1 aromatic rings. The molecule has 6 nitrogen and oxygen atoms in total. The predicted molar refractivity (Wildman–Crippen MR) is 68.1 cm³/mol. The Morgan fingerprint density at radius 1 is 1.44 bits per heavy atom. The van der Waals surface area contributed by atoms with Gasteiger partial charge < -0.3 is 10.5 Å². The predicted octanol–water partition coefficient (Wildman–Crippen LogP) is 0.577. The van der Waals surface area contributed by atoms with E-state index in [2.05, 4.69) is 10.2 Å². The Balaban J connectivity index is 2.16. The van der Waals surface area contributed by atoms with Gasteiger partial charge in [-0.3, -0.25) is 0 Å². The Hall–Kier alpha value is -1.37. The summed E-state index contributed by atoms with van der Waals surface area (Å²) < 4.78 is 28.7. The van der Waals surface area contributed by atoms with Crippen molar-refractivity contribution < 1.29 is 13.2 Å². The van der Waals surface area contributed by atoms with Gasteiger partial charge in [-0.2, -0.15) is 5.10 Å². The minimum atomic E-state index is -2.99. The molecular formula is C11H17N3O3S. The van der Waals surface area contributed by atoms with Gasteiger partial charge in [-0.15, -0.1) is 5.10 Å². The summed E-state index contributed by atoms with van der Waals surface area (Å²) in [6.45, 7) is 0. The van der Waals surface area contributed by atoms with Gasteiger partial charge in [-0.1, -0.05) is 6.42 Å². The normalized spacial score (nSPS) is 22.6. The summed E-state index contributed by atoms with van der Waals surface area (Å²) in [7, 11) is -1.53. The van der Waals surface area contributed by atoms with Crippen LogP contribution >= 0.6 is 0 Å². The number of nitrogens with zero attached hydrogens (tertiary/aromatic N) is 2. The Morgan fingerprint density at radius 3 is 2.83 bits per heavy atom. The highest BCUT2D eigenvalue weighted by atomic mass is 32.2. The maximum atomic E-state index is 11.9. The van der Waals surface area contributed by atoms with Gasteiger partial charge >= 0.3 is 0 Å². The molecule has 1 atom stereocenters. The molecule has 2 heterocycles. The molecular weight excluding hydrogens is 254 g/mol. The minimum Gasteiger partial charge on any atom is -0.478 e. The Labute approximate surface area is 106 Å². The van der Waals surface area contributed by atoms with Crippen LogP contribution in [0.15, 0.2) is 6.07 Å². The van der Waals surface area contributed by atoms with Crippen LogP contribution in [-0.4, -0.2) is 36.7 Å². The van der Waals surface area contributed by atoms with Crippen molar-refractivity contribution >= 4 is 15.5 Å². The molecule has 0 aromatic carbocycles. The summed E-state index contributed by atoms with van der Waals surface area (Å²) in [5, 5.41) is 7.42. The van der Waals surface area contributed by atoms with Gasteiger partial charge in [0.2, 0.25) is 0 Å². The number of nitrogens with two attached hydrogens (primary N) is 1. The quantitative estimate of drug-likeness (QED) is 0.864. The molecule has 0 aliphatic carbocycles. The first-order valence-electron chi connectivity index (χ1n) is 5.90. The molecule has 0 amide bonds. The van der Waals surface area contributed by atoms with E-state index in [0.29, 0.717) is 24.2 Å². The Morgan fingerprint density at radius 2 is 2.22 bits per heavy atom. The van der Waals surface area contributed by atoms with Crippen molar-refractivity contribution in [2.75, 3.05) is 18.6 Å². The van der Waals surface area contributed by atoms with Crippen molar-refractivity contribution in [2.45, 2.75) is 30.9 Å². The van der Waals surface area contributed by atoms with Crippen molar-refractivity contribution in [1.82, 2.24) is 10.2 Å².